The van der Waals surface area contributed by atoms with Gasteiger partial charge in [0.25, 0.3) is 0 Å². The molecule has 0 aliphatic carbocycles. The molecule has 0 fully saturated rings. The molecule has 8 atom stereocenters. The Balaban J connectivity index is 2.40. The lowest BCUT2D eigenvalue weighted by Crippen LogP contribution is -2.61. The molecule has 2 aromatic carbocycles. The molecule has 0 saturated heterocycles. The molecule has 0 aliphatic rings. The van der Waals surface area contributed by atoms with Crippen LogP contribution in [0.15, 0.2) is 60.7 Å². The standard InChI is InChI=1S/C44H69N9O7/c1-6-28(3)37(43(59)50-35(39(47)55)26-31-18-10-8-11-19-31)53-42(58)36(27-32-20-12-9-13-21-32)51-44(60)38(29(4)7-2)52-41(57)34(23-15-17-25-46)49-40(56)33(48-30(5)54)22-14-16-24-45/h8-13,18-21,28-29,33-38H,6-7,14-17,22-27,45-46H2,1-5H3,(H2,47,55)(H,48,54)(H,49,56)(H,50,59)(H,51,60)(H,52,57)(H,53,58)/t28-,29-,33-,34-,35-,36-,37-,38-/m0/s1. The Labute approximate surface area is 355 Å². The summed E-state index contributed by atoms with van der Waals surface area (Å²) in [7, 11) is 0. The number of carbonyl (C=O) groups is 7. The number of unbranched alkanes of at least 4 members (excludes halogenated alkanes) is 2. The molecule has 0 aliphatic heterocycles. The molecule has 0 saturated carbocycles. The van der Waals surface area contributed by atoms with Gasteiger partial charge in [-0.2, -0.15) is 0 Å². The van der Waals surface area contributed by atoms with Gasteiger partial charge in [-0.15, -0.1) is 0 Å². The minimum atomic E-state index is -1.19. The first kappa shape index (κ1) is 50.8. The monoisotopic (exact) mass is 836 g/mol. The quantitative estimate of drug-likeness (QED) is 0.0558. The highest BCUT2D eigenvalue weighted by Gasteiger charge is 2.36. The molecule has 0 heterocycles. The van der Waals surface area contributed by atoms with Crippen LogP contribution in [0.5, 0.6) is 0 Å². The molecule has 7 amide bonds. The van der Waals surface area contributed by atoms with Gasteiger partial charge in [0.1, 0.15) is 36.3 Å². The summed E-state index contributed by atoms with van der Waals surface area (Å²) in [5, 5.41) is 16.7. The number of hydrogen-bond donors (Lipinski definition) is 9. The summed E-state index contributed by atoms with van der Waals surface area (Å²) in [5.74, 6) is -4.96. The van der Waals surface area contributed by atoms with E-state index in [4.69, 9.17) is 17.2 Å². The fourth-order valence-electron chi connectivity index (χ4n) is 6.61. The third kappa shape index (κ3) is 17.9. The third-order valence-electron chi connectivity index (χ3n) is 10.7. The van der Waals surface area contributed by atoms with Crippen LogP contribution < -0.4 is 49.1 Å². The first-order valence-corrected chi connectivity index (χ1v) is 21.2. The first-order valence-electron chi connectivity index (χ1n) is 21.2. The van der Waals surface area contributed by atoms with Gasteiger partial charge in [-0.1, -0.05) is 101 Å². The Hall–Kier alpha value is -5.35. The summed E-state index contributed by atoms with van der Waals surface area (Å²) < 4.78 is 0. The molecule has 0 bridgehead atoms. The fraction of sp³-hybridized carbons (Fsp3) is 0.568. The van der Waals surface area contributed by atoms with Crippen molar-refractivity contribution in [1.82, 2.24) is 31.9 Å². The zero-order valence-corrected chi connectivity index (χ0v) is 36.0. The van der Waals surface area contributed by atoms with Crippen LogP contribution >= 0.6 is 0 Å². The number of primary amides is 1. The number of carbonyl (C=O) groups excluding carboxylic acids is 7. The van der Waals surface area contributed by atoms with Crippen molar-refractivity contribution in [3.05, 3.63) is 71.8 Å². The summed E-state index contributed by atoms with van der Waals surface area (Å²) in [6.45, 7) is 9.41. The second-order valence-corrected chi connectivity index (χ2v) is 15.5. The van der Waals surface area contributed by atoms with Crippen LogP contribution in [-0.2, 0) is 46.4 Å². The first-order chi connectivity index (χ1) is 28.6. The van der Waals surface area contributed by atoms with Crippen molar-refractivity contribution < 1.29 is 33.6 Å². The number of nitrogens with one attached hydrogen (secondary N) is 6. The highest BCUT2D eigenvalue weighted by atomic mass is 16.2. The third-order valence-corrected chi connectivity index (χ3v) is 10.7. The lowest BCUT2D eigenvalue weighted by molar-refractivity contribution is -0.136. The van der Waals surface area contributed by atoms with E-state index in [1.165, 1.54) is 6.92 Å². The number of amides is 7. The van der Waals surface area contributed by atoms with Gasteiger partial charge in [0.15, 0.2) is 0 Å². The van der Waals surface area contributed by atoms with E-state index >= 15 is 0 Å². The van der Waals surface area contributed by atoms with Crippen LogP contribution in [0.25, 0.3) is 0 Å². The Morgan fingerprint density at radius 2 is 0.867 bits per heavy atom. The molecule has 16 heteroatoms. The molecule has 0 radical (unpaired) electrons. The van der Waals surface area contributed by atoms with E-state index in [-0.39, 0.29) is 25.2 Å². The summed E-state index contributed by atoms with van der Waals surface area (Å²) >= 11 is 0. The lowest BCUT2D eigenvalue weighted by Gasteiger charge is -2.30. The van der Waals surface area contributed by atoms with Gasteiger partial charge < -0.3 is 49.1 Å². The molecule has 0 spiro atoms. The SMILES string of the molecule is CC[C@H](C)[C@H](NC(=O)[C@H](Cc1ccccc1)NC(=O)[C@@H](NC(=O)[C@H](CCCCN)NC(=O)[C@H](CCCCN)NC(C)=O)[C@@H](C)CC)C(=O)N[C@@H](Cc1ccccc1)C(N)=O. The maximum atomic E-state index is 14.3. The number of nitrogens with two attached hydrogens (primary N) is 3. The van der Waals surface area contributed by atoms with Crippen LogP contribution in [-0.4, -0.2) is 90.7 Å². The molecule has 0 unspecified atom stereocenters. The minimum absolute atomic E-state index is 0.0544. The molecular formula is C44H69N9O7. The van der Waals surface area contributed by atoms with Crippen molar-refractivity contribution in [2.75, 3.05) is 13.1 Å². The molecule has 332 valence electrons. The van der Waals surface area contributed by atoms with E-state index in [1.807, 2.05) is 50.2 Å². The maximum Gasteiger partial charge on any atom is 0.243 e. The molecule has 16 nitrogen and oxygen atoms in total. The summed E-state index contributed by atoms with van der Waals surface area (Å²) in [6, 6.07) is 11.7. The van der Waals surface area contributed by atoms with Crippen molar-refractivity contribution in [3.63, 3.8) is 0 Å². The van der Waals surface area contributed by atoms with E-state index in [2.05, 4.69) is 31.9 Å². The van der Waals surface area contributed by atoms with Gasteiger partial charge in [0.2, 0.25) is 41.4 Å². The Morgan fingerprint density at radius 1 is 0.500 bits per heavy atom. The summed E-state index contributed by atoms with van der Waals surface area (Å²) in [5.41, 5.74) is 18.6. The lowest BCUT2D eigenvalue weighted by atomic mass is 9.95. The van der Waals surface area contributed by atoms with Crippen molar-refractivity contribution in [2.24, 2.45) is 29.0 Å². The van der Waals surface area contributed by atoms with Crippen LogP contribution in [0.1, 0.15) is 97.1 Å². The average Bonchev–Trinajstić information content (AvgIpc) is 3.23. The van der Waals surface area contributed by atoms with Crippen LogP contribution in [0.2, 0.25) is 0 Å². The number of rotatable bonds is 28. The predicted octanol–water partition coefficient (Wildman–Crippen LogP) is 1.24. The van der Waals surface area contributed by atoms with Gasteiger partial charge in [0, 0.05) is 19.8 Å². The van der Waals surface area contributed by atoms with Gasteiger partial charge in [-0.25, -0.2) is 0 Å². The molecule has 2 aromatic rings. The molecule has 0 aromatic heterocycles. The summed E-state index contributed by atoms with van der Waals surface area (Å²) in [6.07, 6.45) is 4.04. The normalized spacial score (nSPS) is 15.1. The van der Waals surface area contributed by atoms with Gasteiger partial charge in [0.05, 0.1) is 0 Å². The molecule has 60 heavy (non-hydrogen) atoms. The largest absolute Gasteiger partial charge is 0.368 e. The minimum Gasteiger partial charge on any atom is -0.368 e. The van der Waals surface area contributed by atoms with E-state index in [0.717, 1.165) is 11.1 Å². The highest BCUT2D eigenvalue weighted by molar-refractivity contribution is 5.97. The van der Waals surface area contributed by atoms with Gasteiger partial charge >= 0.3 is 0 Å². The number of hydrogen-bond acceptors (Lipinski definition) is 9. The number of benzene rings is 2. The average molecular weight is 836 g/mol. The van der Waals surface area contributed by atoms with Crippen molar-refractivity contribution >= 4 is 41.4 Å². The van der Waals surface area contributed by atoms with Gasteiger partial charge in [-0.3, -0.25) is 33.6 Å². The van der Waals surface area contributed by atoms with Crippen LogP contribution in [0.3, 0.4) is 0 Å². The topological polar surface area (TPSA) is 270 Å². The highest BCUT2D eigenvalue weighted by Crippen LogP contribution is 2.15. The second-order valence-electron chi connectivity index (χ2n) is 15.5. The van der Waals surface area contributed by atoms with E-state index in [1.54, 1.807) is 38.1 Å². The molecular weight excluding hydrogens is 767 g/mol. The van der Waals surface area contributed by atoms with Crippen molar-refractivity contribution in [3.8, 4) is 0 Å². The van der Waals surface area contributed by atoms with E-state index in [0.29, 0.717) is 58.0 Å². The van der Waals surface area contributed by atoms with Gasteiger partial charge in [-0.05, 0) is 74.6 Å². The van der Waals surface area contributed by atoms with E-state index < -0.39 is 83.5 Å². The molecule has 2 rings (SSSR count). The Kier molecular flexibility index (Phi) is 23.2. The Morgan fingerprint density at radius 3 is 1.27 bits per heavy atom. The smallest absolute Gasteiger partial charge is 0.243 e. The van der Waals surface area contributed by atoms with Crippen LogP contribution in [0, 0.1) is 11.8 Å². The molecule has 12 N–H and O–H groups in total. The van der Waals surface area contributed by atoms with Crippen molar-refractivity contribution in [2.45, 2.75) is 135 Å². The van der Waals surface area contributed by atoms with Crippen LogP contribution in [0.4, 0.5) is 0 Å². The fourth-order valence-corrected chi connectivity index (χ4v) is 6.61. The van der Waals surface area contributed by atoms with E-state index in [9.17, 15) is 33.6 Å². The summed E-state index contributed by atoms with van der Waals surface area (Å²) in [4.78, 5) is 94.2. The Bertz CT molecular complexity index is 1660. The maximum absolute atomic E-state index is 14.3. The zero-order valence-electron chi connectivity index (χ0n) is 36.0. The zero-order chi connectivity index (χ0) is 44.6. The predicted molar refractivity (Wildman–Crippen MR) is 231 cm³/mol. The van der Waals surface area contributed by atoms with Crippen molar-refractivity contribution in [1.29, 1.82) is 0 Å². The second kappa shape index (κ2) is 27.4.